The predicted molar refractivity (Wildman–Crippen MR) is 178 cm³/mol. The van der Waals surface area contributed by atoms with Crippen LogP contribution in [0.1, 0.15) is 83.8 Å². The van der Waals surface area contributed by atoms with Gasteiger partial charge in [-0.3, -0.25) is 9.69 Å². The summed E-state index contributed by atoms with van der Waals surface area (Å²) in [5, 5.41) is 34.0. The monoisotopic (exact) mass is 640 g/mol. The van der Waals surface area contributed by atoms with Crippen LogP contribution in [0.4, 0.5) is 0 Å². The molecule has 5 atom stereocenters. The van der Waals surface area contributed by atoms with Crippen LogP contribution in [0.25, 0.3) is 0 Å². The van der Waals surface area contributed by atoms with Gasteiger partial charge < -0.3 is 25.4 Å². The number of hydrogen-bond acceptors (Lipinski definition) is 7. The number of carboxylic acid groups (broad SMARTS) is 1. The predicted octanol–water partition coefficient (Wildman–Crippen LogP) is 6.55. The van der Waals surface area contributed by atoms with Gasteiger partial charge in [-0.25, -0.2) is 4.79 Å². The van der Waals surface area contributed by atoms with Crippen LogP contribution in [0, 0.1) is 11.3 Å². The number of fused-ring (bicyclic) bond motifs is 1. The molecule has 1 aromatic carbocycles. The number of thiocarbonyl (C=S) groups is 1. The highest BCUT2D eigenvalue weighted by molar-refractivity contribution is 8.04. The van der Waals surface area contributed by atoms with E-state index >= 15 is 0 Å². The molecule has 10 heteroatoms. The van der Waals surface area contributed by atoms with E-state index in [0.29, 0.717) is 16.2 Å². The summed E-state index contributed by atoms with van der Waals surface area (Å²) in [7, 11) is 0. The highest BCUT2D eigenvalue weighted by atomic mass is 32.2. The Kier molecular flexibility index (Phi) is 10.7. The molecule has 238 valence electrons. The number of phenols is 1. The molecule has 0 bridgehead atoms. The number of carbonyl (C=O) groups is 2. The van der Waals surface area contributed by atoms with Crippen LogP contribution in [0.2, 0.25) is 0 Å². The van der Waals surface area contributed by atoms with Gasteiger partial charge in [0.2, 0.25) is 5.91 Å². The zero-order valence-electron chi connectivity index (χ0n) is 26.2. The van der Waals surface area contributed by atoms with E-state index in [4.69, 9.17) is 17.0 Å². The standard InChI is InChI=1S/C34H44N2O6S2/c1-7-8-9-11-22-17-25(38)28(24-16-20(4)13-14-23(24)19(2)3)26(18-22)42-33(43)35-15-10-12-27-29(30(39)40)36-31(41)34(6,21(5)37)32(36)44-27/h10,12,16-18,21,23-24,32,37-38H,2,7-9,11,13-15H2,1,3-6H3,(H,35,43)(H,39,40)/b12-10+/t21-,23+,24-,32-,34+/m1/s1. The number of rotatable bonds is 12. The number of aliphatic hydroxyl groups excluding tert-OH is 1. The van der Waals surface area contributed by atoms with Crippen LogP contribution in [0.5, 0.6) is 11.5 Å². The van der Waals surface area contributed by atoms with Crippen molar-refractivity contribution in [2.45, 2.75) is 90.5 Å². The van der Waals surface area contributed by atoms with E-state index in [1.807, 2.05) is 19.1 Å². The summed E-state index contributed by atoms with van der Waals surface area (Å²) in [5.74, 6) is -0.817. The van der Waals surface area contributed by atoms with Gasteiger partial charge in [0.25, 0.3) is 5.17 Å². The average Bonchev–Trinajstić information content (AvgIpc) is 3.31. The lowest BCUT2D eigenvalue weighted by Crippen LogP contribution is -2.68. The van der Waals surface area contributed by atoms with Crippen molar-refractivity contribution in [1.29, 1.82) is 0 Å². The second-order valence-electron chi connectivity index (χ2n) is 12.3. The van der Waals surface area contributed by atoms with Crippen molar-refractivity contribution in [2.75, 3.05) is 6.54 Å². The van der Waals surface area contributed by atoms with Gasteiger partial charge in [-0.15, -0.1) is 0 Å². The Bertz CT molecular complexity index is 1430. The number of aliphatic carboxylic acids is 1. The topological polar surface area (TPSA) is 119 Å². The van der Waals surface area contributed by atoms with Gasteiger partial charge in [-0.05, 0) is 95.3 Å². The largest absolute Gasteiger partial charge is 0.507 e. The first-order chi connectivity index (χ1) is 20.8. The number of nitrogens with one attached hydrogen (secondary N) is 1. The van der Waals surface area contributed by atoms with Crippen molar-refractivity contribution in [3.05, 3.63) is 69.8 Å². The molecule has 0 spiro atoms. The highest BCUT2D eigenvalue weighted by Gasteiger charge is 2.65. The van der Waals surface area contributed by atoms with E-state index in [-0.39, 0.29) is 35.0 Å². The zero-order chi connectivity index (χ0) is 32.3. The van der Waals surface area contributed by atoms with Gasteiger partial charge in [0.05, 0.1) is 6.10 Å². The molecule has 0 aromatic heterocycles. The second-order valence-corrected chi connectivity index (χ2v) is 13.8. The van der Waals surface area contributed by atoms with E-state index in [1.54, 1.807) is 26.0 Å². The lowest BCUT2D eigenvalue weighted by Gasteiger charge is -2.51. The molecule has 0 unspecified atom stereocenters. The number of hydrogen-bond donors (Lipinski definition) is 4. The number of aliphatic hydroxyl groups is 1. The Morgan fingerprint density at radius 1 is 1.36 bits per heavy atom. The van der Waals surface area contributed by atoms with Crippen LogP contribution < -0.4 is 10.1 Å². The molecule has 3 aliphatic rings. The summed E-state index contributed by atoms with van der Waals surface area (Å²) in [6.45, 7) is 14.0. The van der Waals surface area contributed by atoms with Crippen molar-refractivity contribution < 1.29 is 29.6 Å². The molecule has 0 saturated carbocycles. The van der Waals surface area contributed by atoms with E-state index in [9.17, 15) is 24.9 Å². The molecule has 2 heterocycles. The summed E-state index contributed by atoms with van der Waals surface area (Å²) < 4.78 is 6.21. The fourth-order valence-corrected chi connectivity index (χ4v) is 7.97. The molecule has 0 radical (unpaired) electrons. The quantitative estimate of drug-likeness (QED) is 0.0873. The third-order valence-corrected chi connectivity index (χ3v) is 10.7. The van der Waals surface area contributed by atoms with Crippen LogP contribution in [-0.4, -0.2) is 55.3 Å². The molecule has 1 fully saturated rings. The molecular formula is C34H44N2O6S2. The lowest BCUT2D eigenvalue weighted by molar-refractivity contribution is -0.170. The third kappa shape index (κ3) is 6.62. The van der Waals surface area contributed by atoms with Gasteiger partial charge in [0, 0.05) is 22.9 Å². The van der Waals surface area contributed by atoms with Crippen LogP contribution in [0.3, 0.4) is 0 Å². The minimum absolute atomic E-state index is 0.0823. The number of amides is 1. The smallest absolute Gasteiger partial charge is 0.353 e. The molecule has 1 saturated heterocycles. The van der Waals surface area contributed by atoms with Gasteiger partial charge in [0.1, 0.15) is 28.0 Å². The second kappa shape index (κ2) is 13.9. The van der Waals surface area contributed by atoms with Crippen molar-refractivity contribution in [3.63, 3.8) is 0 Å². The SMILES string of the molecule is C=C(C)[C@@H]1CCC(C)=C[C@H]1c1c(O)cc(CCCCC)cc1OC(=S)NC/C=C/C1=C(C(=O)O)N2C(=O)[C@](C)([C@@H](C)O)[C@H]2S1. The normalized spacial score (nSPS) is 25.4. The first kappa shape index (κ1) is 33.8. The summed E-state index contributed by atoms with van der Waals surface area (Å²) in [6.07, 6.45) is 10.6. The van der Waals surface area contributed by atoms with Crippen LogP contribution in [-0.2, 0) is 16.0 Å². The fraction of sp³-hybridized carbons (Fsp3) is 0.500. The van der Waals surface area contributed by atoms with E-state index in [2.05, 4.69) is 31.8 Å². The lowest BCUT2D eigenvalue weighted by atomic mass is 9.73. The van der Waals surface area contributed by atoms with Crippen molar-refractivity contribution in [2.24, 2.45) is 11.3 Å². The number of allylic oxidation sites excluding steroid dienone is 4. The maximum absolute atomic E-state index is 12.8. The number of β-lactam (4-membered cyclic amide) rings is 1. The molecule has 1 aromatic rings. The number of thioether (sulfide) groups is 1. The van der Waals surface area contributed by atoms with E-state index < -0.39 is 28.8 Å². The molecular weight excluding hydrogens is 597 g/mol. The molecule has 2 aliphatic heterocycles. The fourth-order valence-electron chi connectivity index (χ4n) is 6.23. The minimum atomic E-state index is -1.20. The molecule has 4 N–H and O–H groups in total. The van der Waals surface area contributed by atoms with E-state index in [1.165, 1.54) is 22.2 Å². The zero-order valence-corrected chi connectivity index (χ0v) is 27.8. The minimum Gasteiger partial charge on any atom is -0.507 e. The summed E-state index contributed by atoms with van der Waals surface area (Å²) >= 11 is 6.81. The van der Waals surface area contributed by atoms with Gasteiger partial charge in [-0.1, -0.05) is 61.4 Å². The van der Waals surface area contributed by atoms with Crippen molar-refractivity contribution in [1.82, 2.24) is 10.2 Å². The van der Waals surface area contributed by atoms with Gasteiger partial charge >= 0.3 is 5.97 Å². The van der Waals surface area contributed by atoms with Crippen molar-refractivity contribution in [3.8, 4) is 11.5 Å². The number of ether oxygens (including phenoxy) is 1. The average molecular weight is 641 g/mol. The van der Waals surface area contributed by atoms with E-state index in [0.717, 1.165) is 49.7 Å². The van der Waals surface area contributed by atoms with Crippen LogP contribution in [0.15, 0.2) is 58.7 Å². The number of aromatic hydroxyl groups is 1. The Morgan fingerprint density at radius 3 is 2.73 bits per heavy atom. The maximum Gasteiger partial charge on any atom is 0.353 e. The summed E-state index contributed by atoms with van der Waals surface area (Å²) in [6, 6.07) is 3.81. The molecule has 44 heavy (non-hydrogen) atoms. The molecule has 1 aliphatic carbocycles. The molecule has 1 amide bonds. The number of phenolic OH excluding ortho intramolecular Hbond substituents is 1. The number of unbranched alkanes of at least 4 members (excludes halogenated alkanes) is 2. The number of nitrogens with zero attached hydrogens (tertiary/aromatic N) is 1. The number of carbonyl (C=O) groups excluding carboxylic acids is 1. The highest BCUT2D eigenvalue weighted by Crippen LogP contribution is 2.57. The van der Waals surface area contributed by atoms with Crippen molar-refractivity contribution >= 4 is 41.0 Å². The first-order valence-corrected chi connectivity index (χ1v) is 16.6. The van der Waals surface area contributed by atoms with Crippen LogP contribution >= 0.6 is 24.0 Å². The summed E-state index contributed by atoms with van der Waals surface area (Å²) in [4.78, 5) is 26.5. The first-order valence-electron chi connectivity index (χ1n) is 15.3. The molecule has 8 nitrogen and oxygen atoms in total. The number of aryl methyl sites for hydroxylation is 1. The number of carboxylic acids is 1. The Labute approximate surface area is 269 Å². The third-order valence-electron chi connectivity index (χ3n) is 9.01. The number of benzene rings is 1. The Morgan fingerprint density at radius 2 is 2.09 bits per heavy atom. The van der Waals surface area contributed by atoms with Gasteiger partial charge in [-0.2, -0.15) is 0 Å². The maximum atomic E-state index is 12.8. The Balaban J connectivity index is 1.52. The Hall–Kier alpha value is -3.08. The summed E-state index contributed by atoms with van der Waals surface area (Å²) in [5.41, 5.74) is 2.87. The van der Waals surface area contributed by atoms with Gasteiger partial charge in [0.15, 0.2) is 0 Å². The molecule has 4 rings (SSSR count).